The highest BCUT2D eigenvalue weighted by Gasteiger charge is 2.36. The second-order valence-corrected chi connectivity index (χ2v) is 14.3. The number of fused-ring (bicyclic) bond motifs is 6. The molecule has 0 saturated heterocycles. The van der Waals surface area contributed by atoms with Crippen molar-refractivity contribution in [2.75, 3.05) is 0 Å². The third kappa shape index (κ3) is 4.70. The summed E-state index contributed by atoms with van der Waals surface area (Å²) >= 11 is 11.9. The number of hydrogen-bond donors (Lipinski definition) is 0. The molecule has 0 amide bonds. The zero-order valence-electron chi connectivity index (χ0n) is 19.4. The Morgan fingerprint density at radius 3 is 1.11 bits per heavy atom. The van der Waals surface area contributed by atoms with E-state index in [1.807, 2.05) is 0 Å². The lowest BCUT2D eigenvalue weighted by atomic mass is 9.82. The molecule has 2 aliphatic rings. The van der Waals surface area contributed by atoms with Gasteiger partial charge in [0.1, 0.15) is 0 Å². The molecule has 0 spiro atoms. The topological polar surface area (TPSA) is 0 Å². The van der Waals surface area contributed by atoms with Gasteiger partial charge in [-0.15, -0.1) is 0 Å². The lowest BCUT2D eigenvalue weighted by Crippen LogP contribution is -2.15. The molecule has 0 N–H and O–H groups in total. The average molecular weight is 814 g/mol. The summed E-state index contributed by atoms with van der Waals surface area (Å²) in [5.41, 5.74) is 11.5. The molecule has 0 unspecified atom stereocenters. The van der Waals surface area contributed by atoms with Crippen LogP contribution in [0.4, 0.5) is 0 Å². The van der Waals surface area contributed by atoms with Crippen LogP contribution in [0.2, 0.25) is 0 Å². The normalized spacial score (nSPS) is 15.1. The van der Waals surface area contributed by atoms with Crippen LogP contribution in [-0.2, 0) is 10.8 Å². The van der Waals surface area contributed by atoms with Gasteiger partial charge in [-0.2, -0.15) is 0 Å². The zero-order valence-corrected chi connectivity index (χ0v) is 26.9. The molecule has 0 heterocycles. The van der Waals surface area contributed by atoms with Gasteiger partial charge in [0.15, 0.2) is 0 Å². The predicted molar refractivity (Wildman–Crippen MR) is 176 cm³/mol. The Morgan fingerprint density at radius 1 is 0.486 bits per heavy atom. The fraction of sp³-hybridized carbons (Fsp3) is 0.226. The number of benzene rings is 4. The molecule has 4 heteroatoms. The van der Waals surface area contributed by atoms with Gasteiger partial charge >= 0.3 is 0 Å². The largest absolute Gasteiger partial charge is 0.0776 e. The average Bonchev–Trinajstić information content (AvgIpc) is 3.13. The van der Waals surface area contributed by atoms with Gasteiger partial charge in [-0.1, -0.05) is 91.2 Å². The monoisotopic (exact) mass is 812 g/mol. The molecule has 0 radical (unpaired) electrons. The van der Waals surface area contributed by atoms with Gasteiger partial charge in [0.25, 0.3) is 0 Å². The molecule has 0 nitrogen and oxygen atoms in total. The second-order valence-electron chi connectivity index (χ2n) is 10.0. The SMILES string of the molecule is C.CC1(C)c2cc(Br)ccc2-c2ccc(Br)cc21.CC1(C)c2cc(I)ccc2-c2ccc(I)cc21. The summed E-state index contributed by atoms with van der Waals surface area (Å²) in [6, 6.07) is 26.7. The van der Waals surface area contributed by atoms with E-state index in [-0.39, 0.29) is 18.3 Å². The fourth-order valence-electron chi connectivity index (χ4n) is 5.36. The predicted octanol–water partition coefficient (Wildman–Crippen LogP) is 11.4. The second kappa shape index (κ2) is 9.88. The summed E-state index contributed by atoms with van der Waals surface area (Å²) in [5.74, 6) is 0. The lowest BCUT2D eigenvalue weighted by molar-refractivity contribution is 0.659. The first-order valence-corrected chi connectivity index (χ1v) is 15.0. The van der Waals surface area contributed by atoms with E-state index in [1.54, 1.807) is 0 Å². The summed E-state index contributed by atoms with van der Waals surface area (Å²) in [5, 5.41) is 0. The van der Waals surface area contributed by atoms with Crippen LogP contribution in [0.25, 0.3) is 22.3 Å². The van der Waals surface area contributed by atoms with Crippen LogP contribution >= 0.6 is 77.0 Å². The molecule has 0 aromatic heterocycles. The first kappa shape index (κ1) is 27.3. The minimum Gasteiger partial charge on any atom is -0.0776 e. The Hall–Kier alpha value is -0.700. The summed E-state index contributed by atoms with van der Waals surface area (Å²) in [6.07, 6.45) is 0. The first-order chi connectivity index (χ1) is 16.0. The van der Waals surface area contributed by atoms with Gasteiger partial charge in [0, 0.05) is 26.9 Å². The molecule has 0 bridgehead atoms. The van der Waals surface area contributed by atoms with Crippen molar-refractivity contribution in [2.45, 2.75) is 46.0 Å². The maximum Gasteiger partial charge on any atom is 0.0178 e. The van der Waals surface area contributed by atoms with E-state index < -0.39 is 0 Å². The van der Waals surface area contributed by atoms with Gasteiger partial charge in [-0.3, -0.25) is 0 Å². The van der Waals surface area contributed by atoms with Crippen LogP contribution in [0.15, 0.2) is 81.7 Å². The van der Waals surface area contributed by atoms with Crippen molar-refractivity contribution in [3.63, 3.8) is 0 Å². The van der Waals surface area contributed by atoms with Crippen molar-refractivity contribution in [3.8, 4) is 22.3 Å². The maximum atomic E-state index is 3.57. The van der Waals surface area contributed by atoms with Crippen LogP contribution in [0.1, 0.15) is 57.4 Å². The van der Waals surface area contributed by atoms with Crippen LogP contribution in [0.5, 0.6) is 0 Å². The Balaban J connectivity index is 0.000000160. The summed E-state index contributed by atoms with van der Waals surface area (Å²) in [7, 11) is 0. The van der Waals surface area contributed by atoms with E-state index >= 15 is 0 Å². The van der Waals surface area contributed by atoms with E-state index in [4.69, 9.17) is 0 Å². The van der Waals surface area contributed by atoms with Crippen molar-refractivity contribution in [2.24, 2.45) is 0 Å². The molecule has 0 fully saturated rings. The zero-order chi connectivity index (χ0) is 24.4. The maximum absolute atomic E-state index is 3.57. The Bertz CT molecular complexity index is 1230. The summed E-state index contributed by atoms with van der Waals surface area (Å²) in [4.78, 5) is 0. The third-order valence-corrected chi connectivity index (χ3v) is 9.53. The van der Waals surface area contributed by atoms with Crippen molar-refractivity contribution in [1.82, 2.24) is 0 Å². The van der Waals surface area contributed by atoms with Crippen molar-refractivity contribution in [3.05, 3.63) is 111 Å². The molecule has 0 aliphatic heterocycles. The molecule has 4 aromatic carbocycles. The molecular weight excluding hydrogens is 786 g/mol. The molecule has 4 aromatic rings. The number of halogens is 4. The highest BCUT2D eigenvalue weighted by Crippen LogP contribution is 2.50. The fourth-order valence-corrected chi connectivity index (χ4v) is 7.07. The molecule has 0 atom stereocenters. The summed E-state index contributed by atoms with van der Waals surface area (Å²) in [6.45, 7) is 9.22. The van der Waals surface area contributed by atoms with Gasteiger partial charge in [-0.05, 0) is 138 Å². The molecule has 6 rings (SSSR count). The number of hydrogen-bond acceptors (Lipinski definition) is 0. The highest BCUT2D eigenvalue weighted by atomic mass is 127. The van der Waals surface area contributed by atoms with E-state index in [0.717, 1.165) is 8.95 Å². The van der Waals surface area contributed by atoms with Crippen molar-refractivity contribution < 1.29 is 0 Å². The van der Waals surface area contributed by atoms with Gasteiger partial charge in [-0.25, -0.2) is 0 Å². The third-order valence-electron chi connectivity index (χ3n) is 7.20. The molecule has 2 aliphatic carbocycles. The molecule has 35 heavy (non-hydrogen) atoms. The van der Waals surface area contributed by atoms with Crippen LogP contribution < -0.4 is 0 Å². The Labute approximate surface area is 253 Å². The van der Waals surface area contributed by atoms with E-state index in [0.29, 0.717) is 0 Å². The standard InChI is InChI=1S/C15H12Br2.C15H12I2.CH4/c2*1-15(2)13-7-9(16)3-5-11(13)12-6-4-10(17)8-14(12)15;/h2*3-8H,1-2H3;1H4. The van der Waals surface area contributed by atoms with Gasteiger partial charge in [0.2, 0.25) is 0 Å². The van der Waals surface area contributed by atoms with Gasteiger partial charge in [0.05, 0.1) is 0 Å². The lowest BCUT2D eigenvalue weighted by Gasteiger charge is -2.21. The number of rotatable bonds is 0. The molecule has 180 valence electrons. The quantitative estimate of drug-likeness (QED) is 0.155. The first-order valence-electron chi connectivity index (χ1n) is 11.2. The van der Waals surface area contributed by atoms with E-state index in [1.165, 1.54) is 51.6 Å². The van der Waals surface area contributed by atoms with Crippen LogP contribution in [0.3, 0.4) is 0 Å². The van der Waals surface area contributed by atoms with Gasteiger partial charge < -0.3 is 0 Å². The van der Waals surface area contributed by atoms with Crippen LogP contribution in [-0.4, -0.2) is 0 Å². The summed E-state index contributed by atoms with van der Waals surface area (Å²) < 4.78 is 4.93. The highest BCUT2D eigenvalue weighted by molar-refractivity contribution is 14.1. The minimum atomic E-state index is 0. The van der Waals surface area contributed by atoms with Crippen molar-refractivity contribution >= 4 is 77.0 Å². The smallest absolute Gasteiger partial charge is 0.0178 e. The van der Waals surface area contributed by atoms with Crippen molar-refractivity contribution in [1.29, 1.82) is 0 Å². The minimum absolute atomic E-state index is 0. The van der Waals surface area contributed by atoms with E-state index in [2.05, 4.69) is 178 Å². The van der Waals surface area contributed by atoms with Crippen LogP contribution in [0, 0.1) is 7.14 Å². The van der Waals surface area contributed by atoms with E-state index in [9.17, 15) is 0 Å². The molecular formula is C31H28Br2I2. The Kier molecular flexibility index (Phi) is 7.72. The molecule has 0 saturated carbocycles. The Morgan fingerprint density at radius 2 is 0.771 bits per heavy atom.